The van der Waals surface area contributed by atoms with E-state index in [1.54, 1.807) is 48.7 Å². The van der Waals surface area contributed by atoms with Crippen LogP contribution < -0.4 is 50.8 Å². The average molecular weight is 1540 g/mol. The fourth-order valence-corrected chi connectivity index (χ4v) is 20.4. The fraction of sp³-hybridized carbons (Fsp3) is 0.0870. The average Bonchev–Trinajstić information content (AvgIpc) is 1.18. The van der Waals surface area contributed by atoms with Crippen molar-refractivity contribution in [3.05, 3.63) is 369 Å². The summed E-state index contributed by atoms with van der Waals surface area (Å²) in [4.78, 5) is 4.84. The monoisotopic (exact) mass is 1540 g/mol. The van der Waals surface area contributed by atoms with Crippen molar-refractivity contribution in [2.24, 2.45) is 0 Å². The fourth-order valence-electron chi connectivity index (χ4n) is 12.8. The summed E-state index contributed by atoms with van der Waals surface area (Å²) in [6, 6.07) is 3.14. The Labute approximate surface area is 651 Å². The standard InChI is InChI=1S/C92H74N4OSi2.Pt/c1-91(2,3)69-33-27-32-68(59-69)81-50-30-52-88(99(77-42-19-10-20-43-77,78-44-21-11-22-45-78)79-46-23-12-24-47-79)90(81)95-65-94(71-34-29-35-72(63-71)97-73-54-55-83-82-49-25-26-51-84(82)96(86(83)64-73)89-62-70(57-58-93-89)92(4,5)6)87-61-67(53-56-85(87)95)66-31-28-48-80(60-66)98(74-36-13-7-14-37-74,75-38-15-8-16-39-75)76-40-17-9-18-41-76;/h7-62H,1-6H3;/q-2;/i7D,8D,9D,10D,11D,12D,13D,14D,15D,16D,17D,18D,19D,20D,21D,22D,23D,24D,28D,31D,36D,37D,38D,39D,40D,41D,42D,43D,44D,45D,46D,47D,48D,60D;. The van der Waals surface area contributed by atoms with E-state index < -0.39 is 274 Å². The van der Waals surface area contributed by atoms with Gasteiger partial charge in [0.1, 0.15) is 5.82 Å². The van der Waals surface area contributed by atoms with Gasteiger partial charge in [-0.2, -0.15) is 18.2 Å². The van der Waals surface area contributed by atoms with Gasteiger partial charge in [-0.3, -0.25) is 4.57 Å². The maximum Gasteiger partial charge on any atom is 0.268 e. The molecule has 8 heteroatoms. The summed E-state index contributed by atoms with van der Waals surface area (Å²) in [5, 5.41) is -5.82. The Morgan fingerprint density at radius 3 is 1.57 bits per heavy atom. The molecule has 0 spiro atoms. The zero-order valence-electron chi connectivity index (χ0n) is 88.2. The van der Waals surface area contributed by atoms with E-state index in [2.05, 4.69) is 39.2 Å². The summed E-state index contributed by atoms with van der Waals surface area (Å²) in [7, 11) is -12.7. The van der Waals surface area contributed by atoms with Gasteiger partial charge in [0.25, 0.3) is 6.33 Å². The number of benzene rings is 13. The summed E-state index contributed by atoms with van der Waals surface area (Å²) >= 11 is 0. The summed E-state index contributed by atoms with van der Waals surface area (Å²) < 4.78 is 340. The van der Waals surface area contributed by atoms with Crippen molar-refractivity contribution in [1.29, 1.82) is 0 Å². The van der Waals surface area contributed by atoms with Crippen molar-refractivity contribution in [2.75, 3.05) is 0 Å². The normalized spacial score (nSPS) is 16.8. The van der Waals surface area contributed by atoms with Gasteiger partial charge in [0.2, 0.25) is 0 Å². The van der Waals surface area contributed by atoms with Crippen molar-refractivity contribution >= 4 is 90.5 Å². The molecule has 13 aromatic carbocycles. The maximum absolute atomic E-state index is 11.0. The minimum absolute atomic E-state index is 0. The number of hydrogen-bond donors (Lipinski definition) is 0. The predicted molar refractivity (Wildman–Crippen MR) is 415 cm³/mol. The van der Waals surface area contributed by atoms with E-state index in [9.17, 15) is 38.4 Å². The summed E-state index contributed by atoms with van der Waals surface area (Å²) in [6.45, 7) is 12.0. The van der Waals surface area contributed by atoms with E-state index in [4.69, 9.17) is 17.9 Å². The van der Waals surface area contributed by atoms with Crippen LogP contribution in [0.3, 0.4) is 0 Å². The number of hydrogen-bond acceptors (Lipinski definition) is 2. The minimum Gasteiger partial charge on any atom is -0.510 e. The zero-order chi connectivity index (χ0) is 96.9. The Morgan fingerprint density at radius 1 is 0.430 bits per heavy atom. The Morgan fingerprint density at radius 2 is 0.970 bits per heavy atom. The van der Waals surface area contributed by atoms with Gasteiger partial charge >= 0.3 is 0 Å². The van der Waals surface area contributed by atoms with Crippen molar-refractivity contribution in [3.8, 4) is 50.9 Å². The molecule has 16 rings (SSSR count). The second-order valence-corrected chi connectivity index (χ2v) is 32.4. The molecule has 0 aliphatic carbocycles. The molecule has 0 saturated carbocycles. The number of fused-ring (bicyclic) bond motifs is 4. The van der Waals surface area contributed by atoms with Gasteiger partial charge in [-0.1, -0.05) is 325 Å². The molecule has 488 valence electrons. The summed E-state index contributed by atoms with van der Waals surface area (Å²) in [6.07, 6.45) is 5.15. The Hall–Kier alpha value is -10.8. The first-order valence-electron chi connectivity index (χ1n) is 48.4. The van der Waals surface area contributed by atoms with E-state index in [-0.39, 0.29) is 77.1 Å². The van der Waals surface area contributed by atoms with E-state index in [1.165, 1.54) is 45.5 Å². The van der Waals surface area contributed by atoms with E-state index >= 15 is 0 Å². The third kappa shape index (κ3) is 11.6. The first-order chi connectivity index (χ1) is 62.4. The molecule has 0 aliphatic heterocycles. The van der Waals surface area contributed by atoms with Gasteiger partial charge in [-0.15, -0.1) is 29.7 Å². The van der Waals surface area contributed by atoms with Crippen LogP contribution in [-0.2, 0) is 31.9 Å². The molecule has 3 heterocycles. The summed E-state index contributed by atoms with van der Waals surface area (Å²) in [5.74, 6) is 0.647. The van der Waals surface area contributed by atoms with Gasteiger partial charge in [0.15, 0.2) is 16.1 Å². The molecule has 3 aromatic heterocycles. The number of aromatic nitrogens is 4. The van der Waals surface area contributed by atoms with Gasteiger partial charge in [-0.05, 0) is 121 Å². The van der Waals surface area contributed by atoms with Gasteiger partial charge < -0.3 is 13.9 Å². The van der Waals surface area contributed by atoms with Crippen LogP contribution in [-0.4, -0.2) is 30.3 Å². The van der Waals surface area contributed by atoms with Gasteiger partial charge in [0, 0.05) is 44.3 Å². The van der Waals surface area contributed by atoms with E-state index in [0.717, 1.165) is 21.9 Å². The van der Waals surface area contributed by atoms with Crippen LogP contribution in [0.15, 0.2) is 339 Å². The molecule has 16 aromatic rings. The SMILES string of the molecule is [2H]c1c([2H])c([2H])c([Si](c2cccc(-c3cccc(C(C)(C)C)c3)c2-[n+]2[c-]n(-c3[c-]c(Oc4[c-]c5c(cc4)c4ccccc4n5-c4cc(C(C)(C)C)ccn4)ccc3)c3cc(-c4c([2H])c([2H])c([2H])c([Si](c5c([2H])c([2H])c([2H])c([2H])c5[2H])(c5c([2H])c([2H])c([2H])c([2H])c5[2H])c5c([2H])c([2H])c([2H])c([2H])c5[2H])c4[2H])ccc32)(c2c([2H])c([2H])c([2H])c([2H])c2[2H])c2c([2H])c([2H])c([2H])c([2H])c2[2H])c([2H])c1[2H].[Pt]. The van der Waals surface area contributed by atoms with Crippen LogP contribution in [0, 0.1) is 18.5 Å². The third-order valence-corrected chi connectivity index (χ3v) is 25.7. The zero-order valence-corrected chi connectivity index (χ0v) is 58.5. The number of ether oxygens (including phenoxy) is 1. The van der Waals surface area contributed by atoms with Crippen LogP contribution >= 0.6 is 0 Å². The van der Waals surface area contributed by atoms with Gasteiger partial charge in [-0.25, -0.2) is 4.98 Å². The van der Waals surface area contributed by atoms with Crippen molar-refractivity contribution in [3.63, 3.8) is 0 Å². The van der Waals surface area contributed by atoms with E-state index in [0.29, 0.717) is 16.9 Å². The summed E-state index contributed by atoms with van der Waals surface area (Å²) in [5.41, 5.74) is 0.626. The quantitative estimate of drug-likeness (QED) is 0.0444. The molecule has 100 heavy (non-hydrogen) atoms. The van der Waals surface area contributed by atoms with E-state index in [1.807, 2.05) is 73.9 Å². The molecule has 0 radical (unpaired) electrons. The first kappa shape index (κ1) is 36.9. The van der Waals surface area contributed by atoms with Crippen molar-refractivity contribution in [1.82, 2.24) is 14.1 Å². The molecule has 0 amide bonds. The smallest absolute Gasteiger partial charge is 0.268 e. The largest absolute Gasteiger partial charge is 0.510 e. The molecule has 0 N–H and O–H groups in total. The van der Waals surface area contributed by atoms with Crippen LogP contribution in [0.1, 0.15) is 99.3 Å². The molecular weight excluding hydrogens is 1430 g/mol. The number of rotatable bonds is 15. The Bertz CT molecular complexity index is 7290. The van der Waals surface area contributed by atoms with Crippen LogP contribution in [0.5, 0.6) is 11.5 Å². The van der Waals surface area contributed by atoms with Crippen LogP contribution in [0.25, 0.3) is 72.3 Å². The Balaban J connectivity index is 0.0000137. The molecule has 5 nitrogen and oxygen atoms in total. The molecule has 0 aliphatic rings. The maximum atomic E-state index is 11.0. The van der Waals surface area contributed by atoms with Crippen molar-refractivity contribution in [2.45, 2.75) is 52.4 Å². The molecule has 0 atom stereocenters. The minimum atomic E-state index is -6.49. The number of pyridine rings is 1. The third-order valence-electron chi connectivity index (χ3n) is 17.5. The topological polar surface area (TPSA) is 35.9 Å². The van der Waals surface area contributed by atoms with Crippen LogP contribution in [0.4, 0.5) is 0 Å². The second-order valence-electron chi connectivity index (χ2n) is 25.3. The molecule has 0 bridgehead atoms. The number of para-hydroxylation sites is 2. The number of nitrogens with zero attached hydrogens (tertiary/aromatic N) is 4. The molecule has 0 saturated heterocycles. The second kappa shape index (κ2) is 26.8. The van der Waals surface area contributed by atoms with Gasteiger partial charge in [0.05, 0.1) is 63.3 Å². The Kier molecular flexibility index (Phi) is 9.88. The molecular formula is C92H74N4OPtSi2-2. The first-order valence-corrected chi connectivity index (χ1v) is 35.4. The van der Waals surface area contributed by atoms with Crippen molar-refractivity contribution < 1.29 is 77.0 Å². The molecule has 0 fully saturated rings. The van der Waals surface area contributed by atoms with Crippen LogP contribution in [0.2, 0.25) is 0 Å². The molecule has 0 unspecified atom stereocenters. The predicted octanol–water partition coefficient (Wildman–Crippen LogP) is 16.3. The number of imidazole rings is 1.